The predicted molar refractivity (Wildman–Crippen MR) is 97.0 cm³/mol. The Bertz CT molecular complexity index is 612. The molecule has 0 heterocycles. The first kappa shape index (κ1) is 17.7. The monoisotopic (exact) mass is 395 g/mol. The average Bonchev–Trinajstić information content (AvgIpc) is 2.46. The van der Waals surface area contributed by atoms with E-state index in [1.54, 1.807) is 0 Å². The summed E-state index contributed by atoms with van der Waals surface area (Å²) in [5.41, 5.74) is 0.139. The van der Waals surface area contributed by atoms with Crippen molar-refractivity contribution in [2.24, 2.45) is 0 Å². The van der Waals surface area contributed by atoms with Crippen molar-refractivity contribution >= 4 is 22.0 Å². The second-order valence-corrected chi connectivity index (χ2v) is 9.25. The van der Waals surface area contributed by atoms with Crippen LogP contribution in [0.15, 0.2) is 28.7 Å². The molecular weight excluding hydrogens is 370 g/mol. The first-order valence-corrected chi connectivity index (χ1v) is 9.39. The van der Waals surface area contributed by atoms with Gasteiger partial charge in [0.15, 0.2) is 0 Å². The Morgan fingerprint density at radius 2 is 1.79 bits per heavy atom. The Kier molecular flexibility index (Phi) is 4.45. The highest BCUT2D eigenvalue weighted by molar-refractivity contribution is 9.10. The number of fused-ring (bicyclic) bond motifs is 3. The number of benzene rings is 1. The Balaban J connectivity index is 1.74. The Labute approximate surface area is 152 Å². The molecule has 1 atom stereocenters. The molecule has 0 spiro atoms. The molecule has 0 radical (unpaired) electrons. The number of aliphatic hydroxyl groups excluding tert-OH is 1. The number of ether oxygens (including phenoxy) is 1. The summed E-state index contributed by atoms with van der Waals surface area (Å²) in [6.07, 6.45) is 2.95. The van der Waals surface area contributed by atoms with Crippen molar-refractivity contribution < 1.29 is 14.6 Å². The first-order chi connectivity index (χ1) is 11.1. The molecule has 3 fully saturated rings. The van der Waals surface area contributed by atoms with Crippen LogP contribution in [0.3, 0.4) is 0 Å². The lowest BCUT2D eigenvalue weighted by Crippen LogP contribution is -2.59. The second kappa shape index (κ2) is 6.03. The summed E-state index contributed by atoms with van der Waals surface area (Å²) in [7, 11) is 0. The van der Waals surface area contributed by atoms with Gasteiger partial charge in [-0.05, 0) is 64.2 Å². The molecule has 4 rings (SSSR count). The number of rotatable bonds is 2. The molecule has 1 amide bonds. The van der Waals surface area contributed by atoms with E-state index in [0.717, 1.165) is 30.2 Å². The fraction of sp³-hybridized carbons (Fsp3) is 0.632. The number of halogens is 1. The summed E-state index contributed by atoms with van der Waals surface area (Å²) >= 11 is 3.47. The minimum Gasteiger partial charge on any atom is -0.443 e. The second-order valence-electron chi connectivity index (χ2n) is 8.33. The van der Waals surface area contributed by atoms with E-state index in [1.807, 2.05) is 32.9 Å². The van der Waals surface area contributed by atoms with Gasteiger partial charge in [-0.25, -0.2) is 4.79 Å². The zero-order chi connectivity index (χ0) is 17.6. The third-order valence-corrected chi connectivity index (χ3v) is 5.99. The average molecular weight is 396 g/mol. The van der Waals surface area contributed by atoms with Gasteiger partial charge in [0, 0.05) is 21.8 Å². The summed E-state index contributed by atoms with van der Waals surface area (Å²) in [4.78, 5) is 12.2. The highest BCUT2D eigenvalue weighted by atomic mass is 79.9. The van der Waals surface area contributed by atoms with Crippen LogP contribution in [0.25, 0.3) is 0 Å². The molecule has 0 aromatic heterocycles. The van der Waals surface area contributed by atoms with Crippen LogP contribution in [-0.4, -0.2) is 28.4 Å². The molecule has 3 aliphatic carbocycles. The Morgan fingerprint density at radius 1 is 1.21 bits per heavy atom. The van der Waals surface area contributed by atoms with Crippen LogP contribution < -0.4 is 5.32 Å². The lowest BCUT2D eigenvalue weighted by molar-refractivity contribution is -0.132. The maximum atomic E-state index is 12.2. The molecule has 3 aliphatic rings. The summed E-state index contributed by atoms with van der Waals surface area (Å²) in [5, 5.41) is 13.7. The van der Waals surface area contributed by atoms with Crippen molar-refractivity contribution in [3.8, 4) is 0 Å². The van der Waals surface area contributed by atoms with Crippen LogP contribution in [0, 0.1) is 0 Å². The fourth-order valence-electron chi connectivity index (χ4n) is 4.17. The van der Waals surface area contributed by atoms with Crippen molar-refractivity contribution in [2.75, 3.05) is 0 Å². The SMILES string of the molecule is CC(C)(C)NC(=O)OC12CCC(c3ccc(Br)cc3)(CC1)C(O)C2. The number of alkyl carbamates (subject to hydrolysis) is 1. The zero-order valence-corrected chi connectivity index (χ0v) is 16.1. The minimum atomic E-state index is -0.522. The van der Waals surface area contributed by atoms with Gasteiger partial charge in [0.25, 0.3) is 0 Å². The first-order valence-electron chi connectivity index (χ1n) is 8.60. The number of hydrogen-bond donors (Lipinski definition) is 2. The van der Waals surface area contributed by atoms with Crippen molar-refractivity contribution in [1.82, 2.24) is 5.32 Å². The van der Waals surface area contributed by atoms with Crippen molar-refractivity contribution in [3.05, 3.63) is 34.3 Å². The molecule has 24 heavy (non-hydrogen) atoms. The van der Waals surface area contributed by atoms with Crippen LogP contribution in [0.4, 0.5) is 4.79 Å². The van der Waals surface area contributed by atoms with Crippen LogP contribution in [0.2, 0.25) is 0 Å². The van der Waals surface area contributed by atoms with Crippen LogP contribution in [0.5, 0.6) is 0 Å². The van der Waals surface area contributed by atoms with E-state index >= 15 is 0 Å². The Hall–Kier alpha value is -1.07. The van der Waals surface area contributed by atoms with E-state index in [1.165, 1.54) is 5.56 Å². The standard InChI is InChI=1S/C19H26BrNO3/c1-17(2,3)21-16(23)24-18-8-10-19(11-9-18,15(22)12-18)13-4-6-14(20)7-5-13/h4-7,15,22H,8-12H2,1-3H3,(H,21,23). The molecule has 3 saturated carbocycles. The highest BCUT2D eigenvalue weighted by Crippen LogP contribution is 2.55. The van der Waals surface area contributed by atoms with Crippen molar-refractivity contribution in [2.45, 2.75) is 75.5 Å². The van der Waals surface area contributed by atoms with E-state index < -0.39 is 11.7 Å². The zero-order valence-electron chi connectivity index (χ0n) is 14.6. The third-order valence-electron chi connectivity index (χ3n) is 5.46. The molecule has 5 heteroatoms. The lowest BCUT2D eigenvalue weighted by Gasteiger charge is -2.55. The molecule has 1 aromatic rings. The molecule has 4 nitrogen and oxygen atoms in total. The van der Waals surface area contributed by atoms with E-state index in [0.29, 0.717) is 6.42 Å². The molecule has 1 aromatic carbocycles. The van der Waals surface area contributed by atoms with E-state index in [9.17, 15) is 9.90 Å². The van der Waals surface area contributed by atoms with Gasteiger partial charge in [-0.15, -0.1) is 0 Å². The quantitative estimate of drug-likeness (QED) is 0.784. The summed E-state index contributed by atoms with van der Waals surface area (Å²) < 4.78 is 6.84. The predicted octanol–water partition coefficient (Wildman–Crippen LogP) is 4.29. The molecule has 1 unspecified atom stereocenters. The van der Waals surface area contributed by atoms with Gasteiger partial charge in [0.2, 0.25) is 0 Å². The lowest BCUT2D eigenvalue weighted by atomic mass is 9.54. The van der Waals surface area contributed by atoms with Gasteiger partial charge in [-0.2, -0.15) is 0 Å². The van der Waals surface area contributed by atoms with Crippen LogP contribution >= 0.6 is 15.9 Å². The molecule has 0 saturated heterocycles. The molecule has 2 bridgehead atoms. The highest BCUT2D eigenvalue weighted by Gasteiger charge is 2.56. The Morgan fingerprint density at radius 3 is 2.29 bits per heavy atom. The smallest absolute Gasteiger partial charge is 0.408 e. The minimum absolute atomic E-state index is 0.202. The van der Waals surface area contributed by atoms with E-state index in [2.05, 4.69) is 33.4 Å². The van der Waals surface area contributed by atoms with E-state index in [4.69, 9.17) is 4.74 Å². The number of hydrogen-bond acceptors (Lipinski definition) is 3. The summed E-state index contributed by atoms with van der Waals surface area (Å²) in [6, 6.07) is 8.25. The topological polar surface area (TPSA) is 58.6 Å². The fourth-order valence-corrected chi connectivity index (χ4v) is 4.44. The van der Waals surface area contributed by atoms with Gasteiger partial charge in [-0.1, -0.05) is 28.1 Å². The van der Waals surface area contributed by atoms with Gasteiger partial charge in [0.1, 0.15) is 5.60 Å². The van der Waals surface area contributed by atoms with Gasteiger partial charge >= 0.3 is 6.09 Å². The number of carbonyl (C=O) groups excluding carboxylic acids is 1. The number of nitrogens with one attached hydrogen (secondary N) is 1. The normalized spacial score (nSPS) is 32.5. The maximum Gasteiger partial charge on any atom is 0.408 e. The molecular formula is C19H26BrNO3. The summed E-state index contributed by atoms with van der Waals surface area (Å²) in [6.45, 7) is 5.79. The van der Waals surface area contributed by atoms with Crippen molar-refractivity contribution in [1.29, 1.82) is 0 Å². The molecule has 132 valence electrons. The van der Waals surface area contributed by atoms with Gasteiger partial charge in [0.05, 0.1) is 6.10 Å². The van der Waals surface area contributed by atoms with Crippen molar-refractivity contribution in [3.63, 3.8) is 0 Å². The molecule has 0 aliphatic heterocycles. The van der Waals surface area contributed by atoms with Gasteiger partial charge < -0.3 is 15.2 Å². The maximum absolute atomic E-state index is 12.2. The van der Waals surface area contributed by atoms with Gasteiger partial charge in [-0.3, -0.25) is 0 Å². The van der Waals surface area contributed by atoms with E-state index in [-0.39, 0.29) is 17.0 Å². The number of carbonyl (C=O) groups is 1. The van der Waals surface area contributed by atoms with Crippen LogP contribution in [0.1, 0.15) is 58.4 Å². The number of amides is 1. The largest absolute Gasteiger partial charge is 0.443 e. The van der Waals surface area contributed by atoms with Crippen LogP contribution in [-0.2, 0) is 10.2 Å². The molecule has 2 N–H and O–H groups in total. The summed E-state index contributed by atoms with van der Waals surface area (Å²) in [5.74, 6) is 0. The number of aliphatic hydroxyl groups is 1. The third kappa shape index (κ3) is 3.33.